The van der Waals surface area contributed by atoms with E-state index in [1.165, 1.54) is 6.26 Å². The van der Waals surface area contributed by atoms with E-state index in [9.17, 15) is 9.90 Å². The van der Waals surface area contributed by atoms with Gasteiger partial charge in [0.05, 0.1) is 23.5 Å². The highest BCUT2D eigenvalue weighted by atomic mass is 35.5. The SMILES string of the molecule is Cc1cc(C(=O)NCC(O)c2ccco2)nn1-c1ccccc1Cl. The standard InChI is InChI=1S/C17H16ClN3O3/c1-11-9-13(20-21(11)14-6-3-2-5-12(14)18)17(23)19-10-15(22)16-7-4-8-24-16/h2-9,15,22H,10H2,1H3,(H,19,23). The number of hydrogen-bond acceptors (Lipinski definition) is 4. The summed E-state index contributed by atoms with van der Waals surface area (Å²) in [4.78, 5) is 12.2. The molecule has 2 aromatic heterocycles. The second kappa shape index (κ2) is 6.90. The summed E-state index contributed by atoms with van der Waals surface area (Å²) in [7, 11) is 0. The number of para-hydroxylation sites is 1. The quantitative estimate of drug-likeness (QED) is 0.745. The number of benzene rings is 1. The average molecular weight is 346 g/mol. The summed E-state index contributed by atoms with van der Waals surface area (Å²) < 4.78 is 6.70. The number of rotatable bonds is 5. The Hall–Kier alpha value is -2.57. The zero-order chi connectivity index (χ0) is 17.1. The third kappa shape index (κ3) is 3.34. The molecule has 0 saturated carbocycles. The van der Waals surface area contributed by atoms with E-state index in [1.54, 1.807) is 28.9 Å². The smallest absolute Gasteiger partial charge is 0.271 e. The molecule has 0 aliphatic carbocycles. The van der Waals surface area contributed by atoms with Crippen LogP contribution in [0.25, 0.3) is 5.69 Å². The first-order valence-electron chi connectivity index (χ1n) is 7.37. The summed E-state index contributed by atoms with van der Waals surface area (Å²) in [5.74, 6) is 0.0163. The van der Waals surface area contributed by atoms with Gasteiger partial charge in [-0.2, -0.15) is 5.10 Å². The molecule has 1 amide bonds. The van der Waals surface area contributed by atoms with E-state index in [0.717, 1.165) is 5.69 Å². The molecule has 6 nitrogen and oxygen atoms in total. The maximum absolute atomic E-state index is 12.2. The van der Waals surface area contributed by atoms with Gasteiger partial charge in [0.2, 0.25) is 0 Å². The minimum Gasteiger partial charge on any atom is -0.467 e. The highest BCUT2D eigenvalue weighted by molar-refractivity contribution is 6.32. The second-order valence-electron chi connectivity index (χ2n) is 5.28. The zero-order valence-corrected chi connectivity index (χ0v) is 13.7. The molecule has 2 heterocycles. The molecule has 3 rings (SSSR count). The van der Waals surface area contributed by atoms with Crippen LogP contribution in [0.5, 0.6) is 0 Å². The molecule has 3 aromatic rings. The molecule has 124 valence electrons. The van der Waals surface area contributed by atoms with Crippen LogP contribution in [0.4, 0.5) is 0 Å². The lowest BCUT2D eigenvalue weighted by Gasteiger charge is -2.08. The number of aliphatic hydroxyl groups excluding tert-OH is 1. The third-order valence-electron chi connectivity index (χ3n) is 3.53. The van der Waals surface area contributed by atoms with Gasteiger partial charge in [-0.1, -0.05) is 23.7 Å². The van der Waals surface area contributed by atoms with Crippen molar-refractivity contribution >= 4 is 17.5 Å². The largest absolute Gasteiger partial charge is 0.467 e. The van der Waals surface area contributed by atoms with E-state index in [-0.39, 0.29) is 18.1 Å². The van der Waals surface area contributed by atoms with E-state index in [2.05, 4.69) is 10.4 Å². The third-order valence-corrected chi connectivity index (χ3v) is 3.85. The number of halogens is 1. The van der Waals surface area contributed by atoms with Crippen molar-refractivity contribution in [3.05, 3.63) is 70.9 Å². The van der Waals surface area contributed by atoms with Gasteiger partial charge in [-0.25, -0.2) is 4.68 Å². The van der Waals surface area contributed by atoms with Crippen LogP contribution in [0, 0.1) is 6.92 Å². The number of aliphatic hydroxyl groups is 1. The average Bonchev–Trinajstić information content (AvgIpc) is 3.23. The molecule has 0 fully saturated rings. The van der Waals surface area contributed by atoms with Gasteiger partial charge in [-0.05, 0) is 37.3 Å². The number of aromatic nitrogens is 2. The summed E-state index contributed by atoms with van der Waals surface area (Å²) in [6.07, 6.45) is 0.561. The lowest BCUT2D eigenvalue weighted by atomic mass is 10.2. The molecule has 0 radical (unpaired) electrons. The maximum Gasteiger partial charge on any atom is 0.271 e. The molecule has 1 aromatic carbocycles. The van der Waals surface area contributed by atoms with E-state index in [1.807, 2.05) is 25.1 Å². The number of carbonyl (C=O) groups excluding carboxylic acids is 1. The number of amides is 1. The monoisotopic (exact) mass is 345 g/mol. The van der Waals surface area contributed by atoms with E-state index in [0.29, 0.717) is 16.5 Å². The molecule has 0 spiro atoms. The Morgan fingerprint density at radius 3 is 2.88 bits per heavy atom. The molecule has 7 heteroatoms. The summed E-state index contributed by atoms with van der Waals surface area (Å²) in [6.45, 7) is 1.87. The van der Waals surface area contributed by atoms with Gasteiger partial charge >= 0.3 is 0 Å². The van der Waals surface area contributed by atoms with Crippen LogP contribution >= 0.6 is 11.6 Å². The van der Waals surface area contributed by atoms with Gasteiger partial charge in [0.1, 0.15) is 11.9 Å². The van der Waals surface area contributed by atoms with Crippen molar-refractivity contribution in [1.29, 1.82) is 0 Å². The first-order valence-corrected chi connectivity index (χ1v) is 7.75. The summed E-state index contributed by atoms with van der Waals surface area (Å²) in [5, 5.41) is 17.4. The van der Waals surface area contributed by atoms with Crippen LogP contribution in [-0.4, -0.2) is 27.3 Å². The van der Waals surface area contributed by atoms with Gasteiger partial charge in [0.25, 0.3) is 5.91 Å². The maximum atomic E-state index is 12.2. The zero-order valence-electron chi connectivity index (χ0n) is 12.9. The number of nitrogens with zero attached hydrogens (tertiary/aromatic N) is 2. The molecule has 1 unspecified atom stereocenters. The minimum absolute atomic E-state index is 0.0321. The van der Waals surface area contributed by atoms with Crippen LogP contribution in [0.15, 0.2) is 53.1 Å². The van der Waals surface area contributed by atoms with Gasteiger partial charge in [0.15, 0.2) is 5.69 Å². The van der Waals surface area contributed by atoms with Crippen molar-refractivity contribution in [2.75, 3.05) is 6.54 Å². The van der Waals surface area contributed by atoms with Gasteiger partial charge in [-0.3, -0.25) is 4.79 Å². The lowest BCUT2D eigenvalue weighted by Crippen LogP contribution is -2.28. The molecule has 0 aliphatic heterocycles. The molecule has 0 bridgehead atoms. The summed E-state index contributed by atoms with van der Waals surface area (Å²) >= 11 is 6.17. The van der Waals surface area contributed by atoms with Gasteiger partial charge < -0.3 is 14.8 Å². The highest BCUT2D eigenvalue weighted by Crippen LogP contribution is 2.21. The molecule has 0 aliphatic rings. The Morgan fingerprint density at radius 2 is 2.17 bits per heavy atom. The fourth-order valence-corrected chi connectivity index (χ4v) is 2.53. The van der Waals surface area contributed by atoms with Gasteiger partial charge in [0, 0.05) is 5.69 Å². The molecular weight excluding hydrogens is 330 g/mol. The van der Waals surface area contributed by atoms with Crippen molar-refractivity contribution in [2.24, 2.45) is 0 Å². The fraction of sp³-hybridized carbons (Fsp3) is 0.176. The van der Waals surface area contributed by atoms with Crippen molar-refractivity contribution in [2.45, 2.75) is 13.0 Å². The number of carbonyl (C=O) groups is 1. The Bertz CT molecular complexity index is 843. The van der Waals surface area contributed by atoms with Crippen molar-refractivity contribution in [3.8, 4) is 5.69 Å². The van der Waals surface area contributed by atoms with Crippen molar-refractivity contribution in [1.82, 2.24) is 15.1 Å². The minimum atomic E-state index is -0.907. The van der Waals surface area contributed by atoms with Crippen molar-refractivity contribution < 1.29 is 14.3 Å². The van der Waals surface area contributed by atoms with Crippen LogP contribution in [0.2, 0.25) is 5.02 Å². The van der Waals surface area contributed by atoms with E-state index < -0.39 is 6.10 Å². The number of furan rings is 1. The Kier molecular flexibility index (Phi) is 4.69. The van der Waals surface area contributed by atoms with Crippen molar-refractivity contribution in [3.63, 3.8) is 0 Å². The van der Waals surface area contributed by atoms with Gasteiger partial charge in [-0.15, -0.1) is 0 Å². The number of hydrogen-bond donors (Lipinski definition) is 2. The summed E-state index contributed by atoms with van der Waals surface area (Å²) in [6, 6.07) is 12.2. The predicted octanol–water partition coefficient (Wildman–Crippen LogP) is 2.89. The van der Waals surface area contributed by atoms with Crippen LogP contribution in [0.3, 0.4) is 0 Å². The number of aryl methyl sites for hydroxylation is 1. The first-order chi connectivity index (χ1) is 11.6. The highest BCUT2D eigenvalue weighted by Gasteiger charge is 2.17. The van der Waals surface area contributed by atoms with E-state index >= 15 is 0 Å². The Balaban J connectivity index is 1.72. The topological polar surface area (TPSA) is 80.3 Å². The second-order valence-corrected chi connectivity index (χ2v) is 5.68. The van der Waals surface area contributed by atoms with E-state index in [4.69, 9.17) is 16.0 Å². The predicted molar refractivity (Wildman–Crippen MR) is 89.3 cm³/mol. The Morgan fingerprint density at radius 1 is 1.38 bits per heavy atom. The molecule has 1 atom stereocenters. The molecular formula is C17H16ClN3O3. The fourth-order valence-electron chi connectivity index (χ4n) is 2.31. The molecule has 0 saturated heterocycles. The lowest BCUT2D eigenvalue weighted by molar-refractivity contribution is 0.0896. The van der Waals surface area contributed by atoms with Crippen LogP contribution < -0.4 is 5.32 Å². The van der Waals surface area contributed by atoms with Crippen LogP contribution in [-0.2, 0) is 0 Å². The normalized spacial score (nSPS) is 12.1. The summed E-state index contributed by atoms with van der Waals surface area (Å²) in [5.41, 5.74) is 1.73. The number of nitrogens with one attached hydrogen (secondary N) is 1. The molecule has 2 N–H and O–H groups in total. The Labute approximate surface area is 143 Å². The van der Waals surface area contributed by atoms with Crippen LogP contribution in [0.1, 0.15) is 28.0 Å². The molecule has 24 heavy (non-hydrogen) atoms. The first kappa shape index (κ1) is 16.3.